The number of nitrogens with zero attached hydrogens (tertiary/aromatic N) is 1. The maximum absolute atomic E-state index is 10.3. The normalized spacial score (nSPS) is 9.33. The molecule has 0 aliphatic heterocycles. The molecule has 1 amide bonds. The van der Waals surface area contributed by atoms with Crippen molar-refractivity contribution in [2.45, 2.75) is 6.42 Å². The Hall–Kier alpha value is -0.900. The summed E-state index contributed by atoms with van der Waals surface area (Å²) < 4.78 is 3.81. The summed E-state index contributed by atoms with van der Waals surface area (Å²) in [4.78, 5) is 10.3. The lowest BCUT2D eigenvalue weighted by Crippen LogP contribution is -2.12. The smallest absolute Gasteiger partial charge is 0.221 e. The summed E-state index contributed by atoms with van der Waals surface area (Å²) in [6.45, 7) is 0. The van der Waals surface area contributed by atoms with E-state index in [9.17, 15) is 4.79 Å². The first-order chi connectivity index (χ1) is 4.29. The summed E-state index contributed by atoms with van der Waals surface area (Å²) in [5.74, 6) is -0.310. The molecule has 0 spiro atoms. The predicted molar refractivity (Wildman–Crippen MR) is 35.0 cm³/mol. The van der Waals surface area contributed by atoms with Gasteiger partial charge in [0.05, 0.1) is 6.42 Å². The molecule has 1 rings (SSSR count). The first-order valence-corrected chi connectivity index (χ1v) is 3.29. The van der Waals surface area contributed by atoms with Crippen LogP contribution in [0.4, 0.5) is 0 Å². The topological polar surface area (TPSA) is 56.0 Å². The van der Waals surface area contributed by atoms with Gasteiger partial charge in [-0.15, -0.1) is 0 Å². The highest BCUT2D eigenvalue weighted by Gasteiger charge is 1.96. The van der Waals surface area contributed by atoms with Crippen LogP contribution in [-0.4, -0.2) is 10.3 Å². The third-order valence-corrected chi connectivity index (χ3v) is 1.50. The fraction of sp³-hybridized carbons (Fsp3) is 0.200. The van der Waals surface area contributed by atoms with Gasteiger partial charge in [0.15, 0.2) is 0 Å². The first-order valence-electron chi connectivity index (χ1n) is 2.45. The van der Waals surface area contributed by atoms with E-state index in [2.05, 4.69) is 4.37 Å². The molecule has 3 nitrogen and oxygen atoms in total. The molecule has 1 aromatic rings. The molecule has 2 N–H and O–H groups in total. The summed E-state index contributed by atoms with van der Waals surface area (Å²) in [5, 5.41) is 1.81. The maximum Gasteiger partial charge on any atom is 0.221 e. The molecule has 0 aliphatic carbocycles. The van der Waals surface area contributed by atoms with E-state index in [-0.39, 0.29) is 5.91 Å². The zero-order valence-corrected chi connectivity index (χ0v) is 5.52. The number of rotatable bonds is 2. The van der Waals surface area contributed by atoms with Gasteiger partial charge in [0.25, 0.3) is 0 Å². The average Bonchev–Trinajstić information content (AvgIpc) is 2.15. The largest absolute Gasteiger partial charge is 0.369 e. The molecule has 0 bridgehead atoms. The van der Waals surface area contributed by atoms with Crippen LogP contribution >= 0.6 is 11.5 Å². The number of aromatic nitrogens is 1. The monoisotopic (exact) mass is 142 g/mol. The van der Waals surface area contributed by atoms with Crippen LogP contribution in [0.3, 0.4) is 0 Å². The van der Waals surface area contributed by atoms with Crippen molar-refractivity contribution in [2.24, 2.45) is 5.73 Å². The number of hydrogen-bond donors (Lipinski definition) is 1. The van der Waals surface area contributed by atoms with Gasteiger partial charge in [-0.2, -0.15) is 0 Å². The highest BCUT2D eigenvalue weighted by atomic mass is 32.1. The molecule has 0 radical (unpaired) electrons. The second-order valence-corrected chi connectivity index (χ2v) is 2.33. The van der Waals surface area contributed by atoms with Gasteiger partial charge < -0.3 is 5.73 Å². The van der Waals surface area contributed by atoms with Crippen molar-refractivity contribution < 1.29 is 4.79 Å². The molecule has 4 heteroatoms. The van der Waals surface area contributed by atoms with Gasteiger partial charge in [0.2, 0.25) is 5.91 Å². The Labute approximate surface area is 56.7 Å². The molecule has 0 aromatic carbocycles. The second-order valence-electron chi connectivity index (χ2n) is 1.68. The van der Waals surface area contributed by atoms with Crippen molar-refractivity contribution in [3.63, 3.8) is 0 Å². The molecular formula is C5H6N2OS. The van der Waals surface area contributed by atoms with Gasteiger partial charge in [-0.3, -0.25) is 4.79 Å². The quantitative estimate of drug-likeness (QED) is 0.640. The summed E-state index contributed by atoms with van der Waals surface area (Å²) >= 11 is 1.32. The van der Waals surface area contributed by atoms with Crippen LogP contribution in [0, 0.1) is 0 Å². The molecule has 0 saturated carbocycles. The Morgan fingerprint density at radius 1 is 1.89 bits per heavy atom. The lowest BCUT2D eigenvalue weighted by Gasteiger charge is -1.85. The third kappa shape index (κ3) is 1.81. The molecule has 48 valence electrons. The van der Waals surface area contributed by atoms with Gasteiger partial charge in [-0.05, 0) is 17.1 Å². The molecular weight excluding hydrogens is 136 g/mol. The minimum Gasteiger partial charge on any atom is -0.369 e. The summed E-state index contributed by atoms with van der Waals surface area (Å²) in [6, 6.07) is 0. The van der Waals surface area contributed by atoms with Crippen LogP contribution in [0.25, 0.3) is 0 Å². The van der Waals surface area contributed by atoms with Crippen LogP contribution in [-0.2, 0) is 11.2 Å². The third-order valence-electron chi connectivity index (χ3n) is 0.862. The highest BCUT2D eigenvalue weighted by molar-refractivity contribution is 7.03. The summed E-state index contributed by atoms with van der Waals surface area (Å²) in [6.07, 6.45) is 1.95. The first kappa shape index (κ1) is 6.22. The van der Waals surface area contributed by atoms with E-state index in [0.29, 0.717) is 6.42 Å². The highest BCUT2D eigenvalue weighted by Crippen LogP contribution is 2.00. The standard InChI is InChI=1S/C5H6N2OS/c6-5(8)1-4-2-7-9-3-4/h2-3H,1H2,(H2,6,8). The van der Waals surface area contributed by atoms with Gasteiger partial charge in [-0.1, -0.05) is 0 Å². The zero-order valence-electron chi connectivity index (χ0n) is 4.70. The van der Waals surface area contributed by atoms with Crippen molar-refractivity contribution in [1.82, 2.24) is 4.37 Å². The Kier molecular flexibility index (Phi) is 1.79. The molecule has 1 aromatic heterocycles. The van der Waals surface area contributed by atoms with Crippen molar-refractivity contribution in [3.05, 3.63) is 17.1 Å². The van der Waals surface area contributed by atoms with Gasteiger partial charge in [0, 0.05) is 11.6 Å². The Balaban J connectivity index is 2.58. The van der Waals surface area contributed by atoms with Crippen molar-refractivity contribution >= 4 is 17.4 Å². The summed E-state index contributed by atoms with van der Waals surface area (Å²) in [5.41, 5.74) is 5.82. The number of carbonyl (C=O) groups excluding carboxylic acids is 1. The SMILES string of the molecule is NC(=O)Cc1cnsc1. The van der Waals surface area contributed by atoms with Crippen molar-refractivity contribution in [2.75, 3.05) is 0 Å². The molecule has 0 fully saturated rings. The fourth-order valence-electron chi connectivity index (χ4n) is 0.515. The molecule has 9 heavy (non-hydrogen) atoms. The van der Waals surface area contributed by atoms with E-state index >= 15 is 0 Å². The van der Waals surface area contributed by atoms with Crippen LogP contribution in [0.15, 0.2) is 11.6 Å². The maximum atomic E-state index is 10.3. The van der Waals surface area contributed by atoms with Crippen LogP contribution in [0.1, 0.15) is 5.56 Å². The summed E-state index contributed by atoms with van der Waals surface area (Å²) in [7, 11) is 0. The van der Waals surface area contributed by atoms with Crippen LogP contribution in [0.2, 0.25) is 0 Å². The second kappa shape index (κ2) is 2.59. The number of amides is 1. The van der Waals surface area contributed by atoms with Gasteiger partial charge in [-0.25, -0.2) is 4.37 Å². The number of carbonyl (C=O) groups is 1. The molecule has 1 heterocycles. The van der Waals surface area contributed by atoms with Crippen LogP contribution in [0.5, 0.6) is 0 Å². The number of hydrogen-bond acceptors (Lipinski definition) is 3. The molecule has 0 saturated heterocycles. The van der Waals surface area contributed by atoms with E-state index in [0.717, 1.165) is 5.56 Å². The van der Waals surface area contributed by atoms with E-state index < -0.39 is 0 Å². The predicted octanol–water partition coefficient (Wildman–Crippen LogP) is 0.171. The number of nitrogens with two attached hydrogens (primary N) is 1. The van der Waals surface area contributed by atoms with E-state index in [1.54, 1.807) is 6.20 Å². The van der Waals surface area contributed by atoms with Crippen LogP contribution < -0.4 is 5.73 Å². The van der Waals surface area contributed by atoms with Crippen molar-refractivity contribution in [1.29, 1.82) is 0 Å². The minimum absolute atomic E-state index is 0.302. The Morgan fingerprint density at radius 3 is 3.11 bits per heavy atom. The Bertz CT molecular complexity index is 195. The lowest BCUT2D eigenvalue weighted by molar-refractivity contribution is -0.117. The minimum atomic E-state index is -0.310. The lowest BCUT2D eigenvalue weighted by atomic mass is 10.3. The van der Waals surface area contributed by atoms with E-state index in [1.165, 1.54) is 11.5 Å². The van der Waals surface area contributed by atoms with E-state index in [1.807, 2.05) is 5.38 Å². The Morgan fingerprint density at radius 2 is 2.67 bits per heavy atom. The fourth-order valence-corrected chi connectivity index (χ4v) is 1.05. The van der Waals surface area contributed by atoms with E-state index in [4.69, 9.17) is 5.73 Å². The molecule has 0 unspecified atom stereocenters. The van der Waals surface area contributed by atoms with Gasteiger partial charge in [0.1, 0.15) is 0 Å². The van der Waals surface area contributed by atoms with Crippen molar-refractivity contribution in [3.8, 4) is 0 Å². The molecule has 0 aliphatic rings. The number of primary amides is 1. The zero-order chi connectivity index (χ0) is 6.69. The average molecular weight is 142 g/mol. The van der Waals surface area contributed by atoms with Gasteiger partial charge >= 0.3 is 0 Å². The molecule has 0 atom stereocenters.